The zero-order valence-electron chi connectivity index (χ0n) is 10.4. The maximum absolute atomic E-state index is 10.0. The van der Waals surface area contributed by atoms with Crippen LogP contribution in [0.3, 0.4) is 0 Å². The average molecular weight is 249 g/mol. The van der Waals surface area contributed by atoms with E-state index in [0.29, 0.717) is 32.1 Å². The second kappa shape index (κ2) is 6.42. The van der Waals surface area contributed by atoms with Gasteiger partial charge in [0.2, 0.25) is 0 Å². The minimum Gasteiger partial charge on any atom is -0.490 e. The fraction of sp³-hybridized carbons (Fsp3) is 0.429. The number of hydrogen-bond acceptors (Lipinski definition) is 4. The summed E-state index contributed by atoms with van der Waals surface area (Å²) in [5.74, 6) is 1.47. The molecule has 0 saturated carbocycles. The van der Waals surface area contributed by atoms with Gasteiger partial charge in [0.15, 0.2) is 11.5 Å². The molecule has 0 saturated heterocycles. The molecule has 1 aromatic rings. The summed E-state index contributed by atoms with van der Waals surface area (Å²) in [7, 11) is 0. The molecule has 2 N–H and O–H groups in total. The summed E-state index contributed by atoms with van der Waals surface area (Å²) in [6.07, 6.45) is 2.09. The molecular formula is C14H19NO3. The van der Waals surface area contributed by atoms with Crippen LogP contribution in [0.2, 0.25) is 0 Å². The lowest BCUT2D eigenvalue weighted by Gasteiger charge is -2.14. The third-order valence-corrected chi connectivity index (χ3v) is 2.78. The highest BCUT2D eigenvalue weighted by molar-refractivity contribution is 5.44. The first-order chi connectivity index (χ1) is 8.81. The molecule has 98 valence electrons. The van der Waals surface area contributed by atoms with Gasteiger partial charge in [0.05, 0.1) is 19.3 Å². The quantitative estimate of drug-likeness (QED) is 0.615. The molecule has 0 radical (unpaired) electrons. The van der Waals surface area contributed by atoms with E-state index in [9.17, 15) is 5.11 Å². The van der Waals surface area contributed by atoms with Crippen molar-refractivity contribution in [1.29, 1.82) is 0 Å². The minimum absolute atomic E-state index is 0.492. The van der Waals surface area contributed by atoms with Crippen molar-refractivity contribution < 1.29 is 14.6 Å². The molecule has 0 fully saturated rings. The predicted molar refractivity (Wildman–Crippen MR) is 70.1 cm³/mol. The molecule has 4 heteroatoms. The molecule has 4 nitrogen and oxygen atoms in total. The van der Waals surface area contributed by atoms with Gasteiger partial charge in [-0.2, -0.15) is 0 Å². The smallest absolute Gasteiger partial charge is 0.161 e. The van der Waals surface area contributed by atoms with Crippen LogP contribution < -0.4 is 14.8 Å². The zero-order valence-corrected chi connectivity index (χ0v) is 10.4. The first-order valence-corrected chi connectivity index (χ1v) is 6.20. The largest absolute Gasteiger partial charge is 0.490 e. The summed E-state index contributed by atoms with van der Waals surface area (Å²) in [5.41, 5.74) is 0.829. The van der Waals surface area contributed by atoms with E-state index in [1.165, 1.54) is 0 Å². The predicted octanol–water partition coefficient (Wildman–Crippen LogP) is 1.66. The SMILES string of the molecule is C=CCNCC(O)c1ccc2c(c1)OCCCO2. The molecule has 2 rings (SSSR count). The van der Waals surface area contributed by atoms with E-state index < -0.39 is 6.10 Å². The fourth-order valence-electron chi connectivity index (χ4n) is 1.83. The van der Waals surface area contributed by atoms with E-state index in [-0.39, 0.29) is 0 Å². The highest BCUT2D eigenvalue weighted by Gasteiger charge is 2.14. The second-order valence-corrected chi connectivity index (χ2v) is 4.22. The van der Waals surface area contributed by atoms with Gasteiger partial charge in [-0.05, 0) is 17.7 Å². The zero-order chi connectivity index (χ0) is 12.8. The van der Waals surface area contributed by atoms with Gasteiger partial charge in [-0.25, -0.2) is 0 Å². The van der Waals surface area contributed by atoms with E-state index in [0.717, 1.165) is 17.7 Å². The standard InChI is InChI=1S/C14H19NO3/c1-2-6-15-10-12(16)11-4-5-13-14(9-11)18-8-3-7-17-13/h2,4-5,9,12,15-16H,1,3,6-8,10H2. The Morgan fingerprint density at radius 3 is 2.89 bits per heavy atom. The second-order valence-electron chi connectivity index (χ2n) is 4.22. The summed E-state index contributed by atoms with van der Waals surface area (Å²) in [6, 6.07) is 5.57. The van der Waals surface area contributed by atoms with Gasteiger partial charge in [0.1, 0.15) is 0 Å². The molecule has 0 bridgehead atoms. The maximum Gasteiger partial charge on any atom is 0.161 e. The topological polar surface area (TPSA) is 50.7 Å². The lowest BCUT2D eigenvalue weighted by molar-refractivity contribution is 0.175. The van der Waals surface area contributed by atoms with Crippen LogP contribution in [0, 0.1) is 0 Å². The van der Waals surface area contributed by atoms with E-state index in [1.54, 1.807) is 6.08 Å². The summed E-state index contributed by atoms with van der Waals surface area (Å²) in [6.45, 7) is 6.12. The monoisotopic (exact) mass is 249 g/mol. The van der Waals surface area contributed by atoms with Gasteiger partial charge in [0.25, 0.3) is 0 Å². The minimum atomic E-state index is -0.554. The molecule has 0 spiro atoms. The number of fused-ring (bicyclic) bond motifs is 1. The van der Waals surface area contributed by atoms with Crippen LogP contribution in [0.25, 0.3) is 0 Å². The van der Waals surface area contributed by atoms with Crippen LogP contribution in [-0.2, 0) is 0 Å². The average Bonchev–Trinajstić information content (AvgIpc) is 2.63. The fourth-order valence-corrected chi connectivity index (χ4v) is 1.83. The lowest BCUT2D eigenvalue weighted by atomic mass is 10.1. The molecule has 1 unspecified atom stereocenters. The van der Waals surface area contributed by atoms with Crippen molar-refractivity contribution >= 4 is 0 Å². The Labute approximate surface area is 107 Å². The summed E-state index contributed by atoms with van der Waals surface area (Å²) < 4.78 is 11.1. The van der Waals surface area contributed by atoms with Crippen LogP contribution in [0.15, 0.2) is 30.9 Å². The normalized spacial score (nSPS) is 15.8. The Morgan fingerprint density at radius 1 is 1.33 bits per heavy atom. The third-order valence-electron chi connectivity index (χ3n) is 2.78. The summed E-state index contributed by atoms with van der Waals surface area (Å²) in [5, 5.41) is 13.1. The summed E-state index contributed by atoms with van der Waals surface area (Å²) >= 11 is 0. The van der Waals surface area contributed by atoms with Gasteiger partial charge in [-0.1, -0.05) is 12.1 Å². The maximum atomic E-state index is 10.0. The van der Waals surface area contributed by atoms with Gasteiger partial charge in [-0.15, -0.1) is 6.58 Å². The van der Waals surface area contributed by atoms with E-state index in [1.807, 2.05) is 18.2 Å². The molecular weight excluding hydrogens is 230 g/mol. The van der Waals surface area contributed by atoms with Gasteiger partial charge >= 0.3 is 0 Å². The third kappa shape index (κ3) is 3.24. The van der Waals surface area contributed by atoms with Crippen molar-refractivity contribution in [3.63, 3.8) is 0 Å². The Balaban J connectivity index is 2.05. The highest BCUT2D eigenvalue weighted by atomic mass is 16.5. The molecule has 1 atom stereocenters. The Hall–Kier alpha value is -1.52. The first-order valence-electron chi connectivity index (χ1n) is 6.20. The Kier molecular flexibility index (Phi) is 4.61. The Morgan fingerprint density at radius 2 is 2.11 bits per heavy atom. The molecule has 1 heterocycles. The number of hydrogen-bond donors (Lipinski definition) is 2. The van der Waals surface area contributed by atoms with Crippen LogP contribution in [0.1, 0.15) is 18.1 Å². The number of aliphatic hydroxyl groups excluding tert-OH is 1. The molecule has 1 aliphatic heterocycles. The van der Waals surface area contributed by atoms with E-state index in [4.69, 9.17) is 9.47 Å². The Bertz CT molecular complexity index is 406. The molecule has 1 aromatic carbocycles. The molecule has 1 aliphatic rings. The molecule has 0 aromatic heterocycles. The molecule has 0 aliphatic carbocycles. The van der Waals surface area contributed by atoms with Crippen LogP contribution in [0.5, 0.6) is 11.5 Å². The number of aliphatic hydroxyl groups is 1. The van der Waals surface area contributed by atoms with Crippen molar-refractivity contribution in [2.24, 2.45) is 0 Å². The summed E-state index contributed by atoms with van der Waals surface area (Å²) in [4.78, 5) is 0. The first kappa shape index (κ1) is 12.9. The number of rotatable bonds is 5. The van der Waals surface area contributed by atoms with Crippen molar-refractivity contribution in [3.8, 4) is 11.5 Å². The van der Waals surface area contributed by atoms with Gasteiger partial charge < -0.3 is 19.9 Å². The molecule has 0 amide bonds. The van der Waals surface area contributed by atoms with Gasteiger partial charge in [-0.3, -0.25) is 0 Å². The number of benzene rings is 1. The van der Waals surface area contributed by atoms with Crippen LogP contribution in [-0.4, -0.2) is 31.4 Å². The van der Waals surface area contributed by atoms with Crippen molar-refractivity contribution in [2.45, 2.75) is 12.5 Å². The van der Waals surface area contributed by atoms with Crippen molar-refractivity contribution in [2.75, 3.05) is 26.3 Å². The lowest BCUT2D eigenvalue weighted by Crippen LogP contribution is -2.21. The number of nitrogens with one attached hydrogen (secondary N) is 1. The van der Waals surface area contributed by atoms with E-state index >= 15 is 0 Å². The van der Waals surface area contributed by atoms with Crippen LogP contribution >= 0.6 is 0 Å². The number of ether oxygens (including phenoxy) is 2. The van der Waals surface area contributed by atoms with Crippen LogP contribution in [0.4, 0.5) is 0 Å². The van der Waals surface area contributed by atoms with Crippen molar-refractivity contribution in [3.05, 3.63) is 36.4 Å². The highest BCUT2D eigenvalue weighted by Crippen LogP contribution is 2.32. The molecule has 18 heavy (non-hydrogen) atoms. The van der Waals surface area contributed by atoms with E-state index in [2.05, 4.69) is 11.9 Å². The van der Waals surface area contributed by atoms with Gasteiger partial charge in [0, 0.05) is 19.5 Å². The van der Waals surface area contributed by atoms with Crippen molar-refractivity contribution in [1.82, 2.24) is 5.32 Å².